The van der Waals surface area contributed by atoms with Crippen LogP contribution in [0.5, 0.6) is 0 Å². The highest BCUT2D eigenvalue weighted by Crippen LogP contribution is 2.19. The smallest absolute Gasteiger partial charge is 0.317 e. The number of rotatable bonds is 4. The van der Waals surface area contributed by atoms with E-state index < -0.39 is 0 Å². The molecule has 0 saturated carbocycles. The number of hydrogen-bond acceptors (Lipinski definition) is 3. The summed E-state index contributed by atoms with van der Waals surface area (Å²) in [5.74, 6) is 0.714. The van der Waals surface area contributed by atoms with Gasteiger partial charge in [-0.25, -0.2) is 4.79 Å². The molecular weight excluding hydrogens is 290 g/mol. The normalized spacial score (nSPS) is 20.4. The zero-order chi connectivity index (χ0) is 15.9. The molecule has 0 radical (unpaired) electrons. The van der Waals surface area contributed by atoms with Crippen molar-refractivity contribution < 1.29 is 9.53 Å². The third-order valence-electron chi connectivity index (χ3n) is 4.81. The van der Waals surface area contributed by atoms with Crippen molar-refractivity contribution in [1.82, 2.24) is 15.1 Å². The topological polar surface area (TPSA) is 44.8 Å². The monoisotopic (exact) mass is 317 g/mol. The van der Waals surface area contributed by atoms with E-state index in [4.69, 9.17) is 4.74 Å². The number of hydrogen-bond donors (Lipinski definition) is 1. The van der Waals surface area contributed by atoms with Crippen molar-refractivity contribution >= 4 is 6.03 Å². The van der Waals surface area contributed by atoms with Crippen molar-refractivity contribution in [1.29, 1.82) is 0 Å². The van der Waals surface area contributed by atoms with Gasteiger partial charge in [0.15, 0.2) is 0 Å². The Morgan fingerprint density at radius 1 is 1.09 bits per heavy atom. The van der Waals surface area contributed by atoms with E-state index in [-0.39, 0.29) is 6.03 Å². The third kappa shape index (κ3) is 4.94. The predicted molar refractivity (Wildman–Crippen MR) is 90.2 cm³/mol. The number of ether oxygens (including phenoxy) is 1. The molecule has 0 bridgehead atoms. The lowest BCUT2D eigenvalue weighted by atomic mass is 9.96. The summed E-state index contributed by atoms with van der Waals surface area (Å²) in [5, 5.41) is 3.02. The first-order valence-electron chi connectivity index (χ1n) is 8.68. The largest absolute Gasteiger partial charge is 0.379 e. The number of amides is 2. The summed E-state index contributed by atoms with van der Waals surface area (Å²) < 4.78 is 5.40. The molecule has 23 heavy (non-hydrogen) atoms. The van der Waals surface area contributed by atoms with Crippen LogP contribution in [0.1, 0.15) is 18.4 Å². The number of carbonyl (C=O) groups excluding carboxylic acids is 1. The number of morpholine rings is 1. The van der Waals surface area contributed by atoms with E-state index in [9.17, 15) is 4.79 Å². The van der Waals surface area contributed by atoms with E-state index in [1.54, 1.807) is 0 Å². The molecule has 1 aromatic carbocycles. The molecule has 0 aliphatic carbocycles. The van der Waals surface area contributed by atoms with E-state index in [2.05, 4.69) is 10.2 Å². The fraction of sp³-hybridized carbons (Fsp3) is 0.611. The molecule has 2 fully saturated rings. The summed E-state index contributed by atoms with van der Waals surface area (Å²) in [7, 11) is 0. The first-order valence-corrected chi connectivity index (χ1v) is 8.68. The highest BCUT2D eigenvalue weighted by Gasteiger charge is 2.24. The van der Waals surface area contributed by atoms with Gasteiger partial charge in [0.25, 0.3) is 0 Å². The molecule has 1 aromatic rings. The number of carbonyl (C=O) groups is 1. The molecule has 2 saturated heterocycles. The second-order valence-corrected chi connectivity index (χ2v) is 6.49. The average molecular weight is 317 g/mol. The van der Waals surface area contributed by atoms with Crippen LogP contribution >= 0.6 is 0 Å². The highest BCUT2D eigenvalue weighted by molar-refractivity contribution is 5.74. The summed E-state index contributed by atoms with van der Waals surface area (Å²) in [4.78, 5) is 16.7. The Morgan fingerprint density at radius 3 is 2.48 bits per heavy atom. The summed E-state index contributed by atoms with van der Waals surface area (Å²) >= 11 is 0. The van der Waals surface area contributed by atoms with Crippen molar-refractivity contribution in [2.75, 3.05) is 45.9 Å². The molecule has 2 aliphatic heterocycles. The average Bonchev–Trinajstić information content (AvgIpc) is 2.62. The van der Waals surface area contributed by atoms with Crippen molar-refractivity contribution in [2.24, 2.45) is 5.92 Å². The number of benzene rings is 1. The lowest BCUT2D eigenvalue weighted by Gasteiger charge is -2.36. The lowest BCUT2D eigenvalue weighted by Crippen LogP contribution is -2.47. The minimum absolute atomic E-state index is 0.0682. The Morgan fingerprint density at radius 2 is 1.78 bits per heavy atom. The summed E-state index contributed by atoms with van der Waals surface area (Å²) in [6.07, 6.45) is 2.21. The van der Waals surface area contributed by atoms with Gasteiger partial charge >= 0.3 is 6.03 Å². The lowest BCUT2D eigenvalue weighted by molar-refractivity contribution is 0.0258. The minimum atomic E-state index is 0.0682. The maximum Gasteiger partial charge on any atom is 0.317 e. The van der Waals surface area contributed by atoms with E-state index >= 15 is 0 Å². The molecule has 0 unspecified atom stereocenters. The number of nitrogens with one attached hydrogen (secondary N) is 1. The SMILES string of the molecule is O=C(NCc1ccccc1)N1CCC(CN2CCOCC2)CC1. The molecule has 0 aromatic heterocycles. The molecule has 3 rings (SSSR count). The molecule has 2 heterocycles. The van der Waals surface area contributed by atoms with Crippen LogP contribution in [0.15, 0.2) is 30.3 Å². The molecule has 5 heteroatoms. The van der Waals surface area contributed by atoms with Crippen LogP contribution in [0.3, 0.4) is 0 Å². The van der Waals surface area contributed by atoms with Gasteiger partial charge in [0.2, 0.25) is 0 Å². The number of likely N-dealkylation sites (tertiary alicyclic amines) is 1. The molecule has 2 amide bonds. The first kappa shape index (κ1) is 16.3. The van der Waals surface area contributed by atoms with Crippen molar-refractivity contribution in [2.45, 2.75) is 19.4 Å². The van der Waals surface area contributed by atoms with E-state index in [1.807, 2.05) is 35.2 Å². The summed E-state index contributed by atoms with van der Waals surface area (Å²) in [6, 6.07) is 10.1. The molecular formula is C18H27N3O2. The maximum atomic E-state index is 12.3. The van der Waals surface area contributed by atoms with Crippen molar-refractivity contribution in [3.05, 3.63) is 35.9 Å². The van der Waals surface area contributed by atoms with Crippen LogP contribution in [0.2, 0.25) is 0 Å². The Kier molecular flexibility index (Phi) is 5.88. The van der Waals surface area contributed by atoms with Gasteiger partial charge in [-0.15, -0.1) is 0 Å². The van der Waals surface area contributed by atoms with Crippen molar-refractivity contribution in [3.8, 4) is 0 Å². The molecule has 0 atom stereocenters. The highest BCUT2D eigenvalue weighted by atomic mass is 16.5. The fourth-order valence-electron chi connectivity index (χ4n) is 3.35. The fourth-order valence-corrected chi connectivity index (χ4v) is 3.35. The summed E-state index contributed by atoms with van der Waals surface area (Å²) in [5.41, 5.74) is 1.14. The van der Waals surface area contributed by atoms with Gasteiger partial charge < -0.3 is 15.0 Å². The zero-order valence-electron chi connectivity index (χ0n) is 13.7. The second kappa shape index (κ2) is 8.31. The van der Waals surface area contributed by atoms with E-state index in [1.165, 1.54) is 0 Å². The Balaban J connectivity index is 1.37. The summed E-state index contributed by atoms with van der Waals surface area (Å²) in [6.45, 7) is 7.33. The Labute approximate surface area is 138 Å². The number of piperidine rings is 1. The molecule has 0 spiro atoms. The van der Waals surface area contributed by atoms with Gasteiger partial charge in [-0.2, -0.15) is 0 Å². The Bertz CT molecular complexity index is 480. The van der Waals surface area contributed by atoms with E-state index in [0.717, 1.165) is 64.3 Å². The molecule has 2 aliphatic rings. The number of nitrogens with zero attached hydrogens (tertiary/aromatic N) is 2. The molecule has 126 valence electrons. The minimum Gasteiger partial charge on any atom is -0.379 e. The molecule has 5 nitrogen and oxygen atoms in total. The third-order valence-corrected chi connectivity index (χ3v) is 4.81. The zero-order valence-corrected chi connectivity index (χ0v) is 13.7. The van der Waals surface area contributed by atoms with Crippen LogP contribution in [-0.4, -0.2) is 61.8 Å². The van der Waals surface area contributed by atoms with Crippen LogP contribution < -0.4 is 5.32 Å². The number of urea groups is 1. The van der Waals surface area contributed by atoms with Crippen LogP contribution in [-0.2, 0) is 11.3 Å². The van der Waals surface area contributed by atoms with Gasteiger partial charge in [0.1, 0.15) is 0 Å². The van der Waals surface area contributed by atoms with Gasteiger partial charge in [-0.1, -0.05) is 30.3 Å². The first-order chi connectivity index (χ1) is 11.3. The van der Waals surface area contributed by atoms with Gasteiger partial charge in [-0.05, 0) is 24.3 Å². The quantitative estimate of drug-likeness (QED) is 0.923. The van der Waals surface area contributed by atoms with Gasteiger partial charge in [0.05, 0.1) is 13.2 Å². The molecule has 1 N–H and O–H groups in total. The van der Waals surface area contributed by atoms with Crippen LogP contribution in [0.25, 0.3) is 0 Å². The maximum absolute atomic E-state index is 12.3. The van der Waals surface area contributed by atoms with Crippen LogP contribution in [0, 0.1) is 5.92 Å². The van der Waals surface area contributed by atoms with E-state index in [0.29, 0.717) is 12.5 Å². The standard InChI is InChI=1S/C18H27N3O2/c22-18(19-14-16-4-2-1-3-5-16)21-8-6-17(7-9-21)15-20-10-12-23-13-11-20/h1-5,17H,6-15H2,(H,19,22). The van der Waals surface area contributed by atoms with Gasteiger partial charge in [0, 0.05) is 39.3 Å². The van der Waals surface area contributed by atoms with Gasteiger partial charge in [-0.3, -0.25) is 4.90 Å². The predicted octanol–water partition coefficient (Wildman–Crippen LogP) is 1.94. The van der Waals surface area contributed by atoms with Crippen molar-refractivity contribution in [3.63, 3.8) is 0 Å². The second-order valence-electron chi connectivity index (χ2n) is 6.49. The van der Waals surface area contributed by atoms with Crippen LogP contribution in [0.4, 0.5) is 4.79 Å². The Hall–Kier alpha value is -1.59.